The molecule has 0 aromatic heterocycles. The Bertz CT molecular complexity index is 352. The van der Waals surface area contributed by atoms with Crippen molar-refractivity contribution in [3.05, 3.63) is 11.8 Å². The van der Waals surface area contributed by atoms with Crippen LogP contribution in [0.25, 0.3) is 0 Å². The Morgan fingerprint density at radius 1 is 1.42 bits per heavy atom. The summed E-state index contributed by atoms with van der Waals surface area (Å²) in [6, 6.07) is 0. The van der Waals surface area contributed by atoms with Crippen molar-refractivity contribution < 1.29 is 9.53 Å². The molecule has 2 aliphatic heterocycles. The minimum Gasteiger partial charge on any atom is -0.443 e. The molecule has 108 valence electrons. The lowest BCUT2D eigenvalue weighted by atomic mass is 9.88. The van der Waals surface area contributed by atoms with Gasteiger partial charge in [-0.1, -0.05) is 0 Å². The normalized spacial score (nSPS) is 24.9. The van der Waals surface area contributed by atoms with Gasteiger partial charge >= 0.3 is 6.09 Å². The summed E-state index contributed by atoms with van der Waals surface area (Å²) in [6.07, 6.45) is 6.45. The second-order valence-corrected chi connectivity index (χ2v) is 6.52. The van der Waals surface area contributed by atoms with Crippen molar-refractivity contribution in [2.45, 2.75) is 52.1 Å². The predicted molar refractivity (Wildman–Crippen MR) is 75.9 cm³/mol. The predicted octanol–water partition coefficient (Wildman–Crippen LogP) is 2.90. The van der Waals surface area contributed by atoms with Crippen molar-refractivity contribution >= 4 is 6.09 Å². The average molecular weight is 266 g/mol. The highest BCUT2D eigenvalue weighted by molar-refractivity contribution is 5.69. The van der Waals surface area contributed by atoms with Crippen molar-refractivity contribution in [2.75, 3.05) is 19.6 Å². The molecule has 1 N–H and O–H groups in total. The standard InChI is InChI=1S/C15H26N2O2/c1-15(2,3)19-14(18)17-9-5-7-13(11-17)12-6-4-8-16-10-12/h11-12,16H,4-10H2,1-3H3. The fourth-order valence-corrected chi connectivity index (χ4v) is 2.73. The highest BCUT2D eigenvalue weighted by Gasteiger charge is 2.26. The van der Waals surface area contributed by atoms with E-state index in [9.17, 15) is 4.79 Å². The van der Waals surface area contributed by atoms with E-state index in [0.29, 0.717) is 5.92 Å². The van der Waals surface area contributed by atoms with Gasteiger partial charge in [-0.15, -0.1) is 0 Å². The second kappa shape index (κ2) is 5.95. The Morgan fingerprint density at radius 2 is 2.21 bits per heavy atom. The van der Waals surface area contributed by atoms with Crippen LogP contribution >= 0.6 is 0 Å². The smallest absolute Gasteiger partial charge is 0.414 e. The number of nitrogens with zero attached hydrogens (tertiary/aromatic N) is 1. The van der Waals surface area contributed by atoms with Crippen LogP contribution in [0.15, 0.2) is 11.8 Å². The zero-order chi connectivity index (χ0) is 13.9. The van der Waals surface area contributed by atoms with Gasteiger partial charge in [0.25, 0.3) is 0 Å². The molecule has 4 heteroatoms. The molecule has 0 aromatic rings. The lowest BCUT2D eigenvalue weighted by Crippen LogP contribution is -2.38. The van der Waals surface area contributed by atoms with Crippen LogP contribution in [0.3, 0.4) is 0 Å². The molecule has 0 saturated carbocycles. The van der Waals surface area contributed by atoms with E-state index in [1.165, 1.54) is 18.4 Å². The molecule has 2 aliphatic rings. The summed E-state index contributed by atoms with van der Waals surface area (Å²) in [4.78, 5) is 13.8. The number of carbonyl (C=O) groups is 1. The summed E-state index contributed by atoms with van der Waals surface area (Å²) < 4.78 is 5.44. The molecule has 1 saturated heterocycles. The fourth-order valence-electron chi connectivity index (χ4n) is 2.73. The van der Waals surface area contributed by atoms with Crippen molar-refractivity contribution in [2.24, 2.45) is 5.92 Å². The molecule has 19 heavy (non-hydrogen) atoms. The molecule has 4 nitrogen and oxygen atoms in total. The van der Waals surface area contributed by atoms with Gasteiger partial charge in [-0.2, -0.15) is 0 Å². The molecule has 2 rings (SSSR count). The Labute approximate surface area is 116 Å². The molecule has 0 aliphatic carbocycles. The molecule has 0 aromatic carbocycles. The van der Waals surface area contributed by atoms with Crippen molar-refractivity contribution in [1.29, 1.82) is 0 Å². The van der Waals surface area contributed by atoms with Gasteiger partial charge in [0.05, 0.1) is 0 Å². The number of amides is 1. The van der Waals surface area contributed by atoms with E-state index in [-0.39, 0.29) is 6.09 Å². The number of carbonyl (C=O) groups excluding carboxylic acids is 1. The molecule has 1 fully saturated rings. The number of nitrogens with one attached hydrogen (secondary N) is 1. The molecule has 0 bridgehead atoms. The first kappa shape index (κ1) is 14.4. The van der Waals surface area contributed by atoms with Gasteiger partial charge in [-0.05, 0) is 64.5 Å². The van der Waals surface area contributed by atoms with Gasteiger partial charge in [0.15, 0.2) is 0 Å². The first-order chi connectivity index (χ1) is 8.96. The monoisotopic (exact) mass is 266 g/mol. The van der Waals surface area contributed by atoms with Gasteiger partial charge in [0, 0.05) is 19.3 Å². The molecular weight excluding hydrogens is 240 g/mol. The summed E-state index contributed by atoms with van der Waals surface area (Å²) in [5, 5.41) is 3.44. The van der Waals surface area contributed by atoms with Crippen LogP contribution in [0, 0.1) is 5.92 Å². The van der Waals surface area contributed by atoms with E-state index in [1.54, 1.807) is 4.90 Å². The van der Waals surface area contributed by atoms with Crippen molar-refractivity contribution in [1.82, 2.24) is 10.2 Å². The largest absolute Gasteiger partial charge is 0.443 e. The molecule has 1 amide bonds. The lowest BCUT2D eigenvalue weighted by molar-refractivity contribution is 0.0322. The maximum atomic E-state index is 12.1. The van der Waals surface area contributed by atoms with Gasteiger partial charge in [-0.3, -0.25) is 4.90 Å². The van der Waals surface area contributed by atoms with Gasteiger partial charge in [-0.25, -0.2) is 4.79 Å². The van der Waals surface area contributed by atoms with E-state index in [2.05, 4.69) is 5.32 Å². The summed E-state index contributed by atoms with van der Waals surface area (Å²) in [5.74, 6) is 0.596. The van der Waals surface area contributed by atoms with Crippen LogP contribution in [0.2, 0.25) is 0 Å². The number of hydrogen-bond donors (Lipinski definition) is 1. The Balaban J connectivity index is 1.99. The molecule has 0 spiro atoms. The molecule has 1 atom stereocenters. The van der Waals surface area contributed by atoms with Gasteiger partial charge in [0.1, 0.15) is 5.60 Å². The Morgan fingerprint density at radius 3 is 2.84 bits per heavy atom. The minimum absolute atomic E-state index is 0.214. The third-order valence-electron chi connectivity index (χ3n) is 3.64. The van der Waals surface area contributed by atoms with Crippen LogP contribution in [0.1, 0.15) is 46.5 Å². The number of ether oxygens (including phenoxy) is 1. The topological polar surface area (TPSA) is 41.6 Å². The van der Waals surface area contributed by atoms with Gasteiger partial charge in [0.2, 0.25) is 0 Å². The quantitative estimate of drug-likeness (QED) is 0.793. The molecule has 1 unspecified atom stereocenters. The minimum atomic E-state index is -0.422. The van der Waals surface area contributed by atoms with E-state index in [4.69, 9.17) is 4.74 Å². The van der Waals surface area contributed by atoms with Crippen molar-refractivity contribution in [3.8, 4) is 0 Å². The average Bonchev–Trinajstić information content (AvgIpc) is 2.38. The number of piperidine rings is 1. The first-order valence-electron chi connectivity index (χ1n) is 7.36. The van der Waals surface area contributed by atoms with E-state index in [1.807, 2.05) is 27.0 Å². The van der Waals surface area contributed by atoms with Crippen LogP contribution in [0.5, 0.6) is 0 Å². The highest BCUT2D eigenvalue weighted by Crippen LogP contribution is 2.27. The summed E-state index contributed by atoms with van der Waals surface area (Å²) >= 11 is 0. The lowest BCUT2D eigenvalue weighted by Gasteiger charge is -2.32. The van der Waals surface area contributed by atoms with Crippen molar-refractivity contribution in [3.63, 3.8) is 0 Å². The highest BCUT2D eigenvalue weighted by atomic mass is 16.6. The molecule has 2 heterocycles. The van der Waals surface area contributed by atoms with Gasteiger partial charge < -0.3 is 10.1 Å². The first-order valence-corrected chi connectivity index (χ1v) is 7.36. The second-order valence-electron chi connectivity index (χ2n) is 6.52. The van der Waals surface area contributed by atoms with Crippen LogP contribution in [-0.2, 0) is 4.74 Å². The summed E-state index contributed by atoms with van der Waals surface area (Å²) in [6.45, 7) is 8.67. The fraction of sp³-hybridized carbons (Fsp3) is 0.800. The Kier molecular flexibility index (Phi) is 4.50. The van der Waals surface area contributed by atoms with Crippen LogP contribution in [0.4, 0.5) is 4.79 Å². The summed E-state index contributed by atoms with van der Waals surface area (Å²) in [7, 11) is 0. The van der Waals surface area contributed by atoms with Crippen LogP contribution in [-0.4, -0.2) is 36.2 Å². The third kappa shape index (κ3) is 4.23. The maximum Gasteiger partial charge on any atom is 0.414 e. The molecular formula is C15H26N2O2. The third-order valence-corrected chi connectivity index (χ3v) is 3.64. The number of rotatable bonds is 1. The zero-order valence-corrected chi connectivity index (χ0v) is 12.4. The summed E-state index contributed by atoms with van der Waals surface area (Å²) in [5.41, 5.74) is 0.985. The zero-order valence-electron chi connectivity index (χ0n) is 12.4. The van der Waals surface area contributed by atoms with Crippen LogP contribution < -0.4 is 5.32 Å². The number of hydrogen-bond acceptors (Lipinski definition) is 3. The van der Waals surface area contributed by atoms with E-state index in [0.717, 1.165) is 32.5 Å². The van der Waals surface area contributed by atoms with E-state index >= 15 is 0 Å². The van der Waals surface area contributed by atoms with E-state index < -0.39 is 5.60 Å². The SMILES string of the molecule is CC(C)(C)OC(=O)N1C=C(C2CCCNC2)CCC1. The Hall–Kier alpha value is -1.03. The maximum absolute atomic E-state index is 12.1. The molecule has 0 radical (unpaired) electrons.